The zero-order chi connectivity index (χ0) is 26.8. The molecule has 3 aliphatic rings. The van der Waals surface area contributed by atoms with Gasteiger partial charge in [-0.05, 0) is 68.0 Å². The fourth-order valence-electron chi connectivity index (χ4n) is 5.56. The monoisotopic (exact) mass is 535 g/mol. The second-order valence-corrected chi connectivity index (χ2v) is 10.8. The third-order valence-corrected chi connectivity index (χ3v) is 7.92. The van der Waals surface area contributed by atoms with E-state index in [2.05, 4.69) is 44.5 Å². The van der Waals surface area contributed by atoms with Gasteiger partial charge < -0.3 is 25.3 Å². The number of anilines is 2. The number of carbonyl (C=O) groups is 2. The van der Waals surface area contributed by atoms with Crippen molar-refractivity contribution in [2.24, 2.45) is 0 Å². The standard InChI is InChI=1S/C28H32ClN5O2.CH2O/c1-17-13-18(14-23-25(17)26-21(28(36)32-23)3-2-8-30-26)16-33-9-11-34(12-10-33)24-7-4-19(15-22(24)29)27(35)31-20-5-6-20;1-2/h4,7,13-15,20,30H,2-3,5-6,8-12,16H2,1H3,(H,31,35)(H,32,36);1H2. The maximum atomic E-state index is 12.7. The number of amides is 1. The summed E-state index contributed by atoms with van der Waals surface area (Å²) in [4.78, 5) is 40.9. The van der Waals surface area contributed by atoms with Crippen molar-refractivity contribution in [3.05, 3.63) is 68.0 Å². The largest absolute Gasteiger partial charge is 0.384 e. The van der Waals surface area contributed by atoms with Crippen LogP contribution in [0.2, 0.25) is 5.02 Å². The smallest absolute Gasteiger partial charge is 0.253 e. The number of hydrogen-bond acceptors (Lipinski definition) is 6. The molecule has 1 saturated heterocycles. The number of aromatic amines is 1. The number of aromatic nitrogens is 1. The molecule has 6 rings (SSSR count). The second kappa shape index (κ2) is 11.2. The summed E-state index contributed by atoms with van der Waals surface area (Å²) in [5, 5.41) is 8.25. The Morgan fingerprint density at radius 1 is 1.13 bits per heavy atom. The highest BCUT2D eigenvalue weighted by molar-refractivity contribution is 6.33. The maximum Gasteiger partial charge on any atom is 0.253 e. The molecule has 1 saturated carbocycles. The zero-order valence-corrected chi connectivity index (χ0v) is 22.5. The average molecular weight is 536 g/mol. The first kappa shape index (κ1) is 26.3. The maximum absolute atomic E-state index is 12.7. The summed E-state index contributed by atoms with van der Waals surface area (Å²) in [7, 11) is 0. The average Bonchev–Trinajstić information content (AvgIpc) is 3.74. The molecule has 8 nitrogen and oxygen atoms in total. The SMILES string of the molecule is C=O.Cc1cc(CN2CCN(c3ccc(C(=O)NC4CC4)cc3Cl)CC2)cc2[nH]c(=O)c3c(c12)NCCC3. The number of nitrogens with zero attached hydrogens (tertiary/aromatic N) is 2. The number of fused-ring (bicyclic) bond motifs is 3. The van der Waals surface area contributed by atoms with Gasteiger partial charge in [0.05, 0.1) is 21.9 Å². The van der Waals surface area contributed by atoms with Crippen LogP contribution in [-0.2, 0) is 17.8 Å². The minimum Gasteiger partial charge on any atom is -0.384 e. The number of carbonyl (C=O) groups excluding carboxylic acids is 2. The quantitative estimate of drug-likeness (QED) is 0.459. The molecule has 2 aliphatic heterocycles. The van der Waals surface area contributed by atoms with Crippen LogP contribution in [-0.4, -0.2) is 61.3 Å². The molecule has 3 heterocycles. The van der Waals surface area contributed by atoms with E-state index in [1.807, 2.05) is 18.9 Å². The highest BCUT2D eigenvalue weighted by Gasteiger charge is 2.25. The summed E-state index contributed by atoms with van der Waals surface area (Å²) < 4.78 is 0. The van der Waals surface area contributed by atoms with Gasteiger partial charge in [0, 0.05) is 61.8 Å². The normalized spacial score (nSPS) is 17.3. The predicted molar refractivity (Wildman–Crippen MR) is 153 cm³/mol. The third kappa shape index (κ3) is 5.42. The summed E-state index contributed by atoms with van der Waals surface area (Å²) >= 11 is 6.59. The Kier molecular flexibility index (Phi) is 7.72. The van der Waals surface area contributed by atoms with Gasteiger partial charge in [0.15, 0.2) is 0 Å². The van der Waals surface area contributed by atoms with Crippen LogP contribution in [0.4, 0.5) is 11.4 Å². The molecule has 2 aromatic carbocycles. The van der Waals surface area contributed by atoms with Gasteiger partial charge in [-0.1, -0.05) is 17.7 Å². The molecule has 0 unspecified atom stereocenters. The highest BCUT2D eigenvalue weighted by Crippen LogP contribution is 2.32. The molecule has 9 heteroatoms. The number of H-pyrrole nitrogens is 1. The number of piperazine rings is 1. The van der Waals surface area contributed by atoms with Gasteiger partial charge in [-0.15, -0.1) is 0 Å². The zero-order valence-electron chi connectivity index (χ0n) is 21.7. The topological polar surface area (TPSA) is 97.5 Å². The van der Waals surface area contributed by atoms with Crippen molar-refractivity contribution >= 4 is 46.6 Å². The van der Waals surface area contributed by atoms with Gasteiger partial charge in [-0.25, -0.2) is 0 Å². The Labute approximate surface area is 227 Å². The van der Waals surface area contributed by atoms with E-state index in [1.165, 1.54) is 11.1 Å². The number of pyridine rings is 1. The summed E-state index contributed by atoms with van der Waals surface area (Å²) in [6.45, 7) is 9.46. The number of aryl methyl sites for hydroxylation is 1. The third-order valence-electron chi connectivity index (χ3n) is 7.62. The molecule has 200 valence electrons. The Morgan fingerprint density at radius 2 is 1.89 bits per heavy atom. The van der Waals surface area contributed by atoms with Crippen molar-refractivity contribution in [2.45, 2.75) is 45.2 Å². The molecule has 1 aliphatic carbocycles. The van der Waals surface area contributed by atoms with Gasteiger partial charge in [0.1, 0.15) is 6.79 Å². The molecule has 1 aromatic heterocycles. The van der Waals surface area contributed by atoms with E-state index in [-0.39, 0.29) is 11.5 Å². The molecule has 0 bridgehead atoms. The number of rotatable bonds is 5. The lowest BCUT2D eigenvalue weighted by Crippen LogP contribution is -2.46. The lowest BCUT2D eigenvalue weighted by molar-refractivity contribution is -0.0980. The van der Waals surface area contributed by atoms with Crippen LogP contribution in [0.5, 0.6) is 0 Å². The van der Waals surface area contributed by atoms with Crippen LogP contribution in [0.3, 0.4) is 0 Å². The van der Waals surface area contributed by atoms with Crippen LogP contribution in [0, 0.1) is 6.92 Å². The molecule has 3 N–H and O–H groups in total. The number of nitrogens with one attached hydrogen (secondary N) is 3. The molecular weight excluding hydrogens is 502 g/mol. The number of halogens is 1. The molecule has 38 heavy (non-hydrogen) atoms. The van der Waals surface area contributed by atoms with E-state index in [4.69, 9.17) is 16.4 Å². The van der Waals surface area contributed by atoms with Crippen LogP contribution in [0.1, 0.15) is 46.3 Å². The Balaban J connectivity index is 0.00000144. The lowest BCUT2D eigenvalue weighted by atomic mass is 9.97. The van der Waals surface area contributed by atoms with Crippen LogP contribution >= 0.6 is 11.6 Å². The van der Waals surface area contributed by atoms with Crippen molar-refractivity contribution in [3.63, 3.8) is 0 Å². The lowest BCUT2D eigenvalue weighted by Gasteiger charge is -2.36. The Hall–Kier alpha value is -3.36. The van der Waals surface area contributed by atoms with E-state index >= 15 is 0 Å². The van der Waals surface area contributed by atoms with Crippen LogP contribution in [0.25, 0.3) is 10.9 Å². The van der Waals surface area contributed by atoms with Crippen molar-refractivity contribution in [1.29, 1.82) is 0 Å². The van der Waals surface area contributed by atoms with Crippen LogP contribution < -0.4 is 21.1 Å². The highest BCUT2D eigenvalue weighted by atomic mass is 35.5. The number of hydrogen-bond donors (Lipinski definition) is 3. The fourth-order valence-corrected chi connectivity index (χ4v) is 5.86. The second-order valence-electron chi connectivity index (χ2n) is 10.4. The first-order valence-electron chi connectivity index (χ1n) is 13.2. The van der Waals surface area contributed by atoms with E-state index in [9.17, 15) is 9.59 Å². The van der Waals surface area contributed by atoms with E-state index in [1.54, 1.807) is 6.07 Å². The fraction of sp³-hybridized carbons (Fsp3) is 0.414. The van der Waals surface area contributed by atoms with Crippen molar-refractivity contribution < 1.29 is 9.59 Å². The van der Waals surface area contributed by atoms with Crippen molar-refractivity contribution in [2.75, 3.05) is 42.9 Å². The molecule has 2 fully saturated rings. The summed E-state index contributed by atoms with van der Waals surface area (Å²) in [5.74, 6) is -0.0425. The van der Waals surface area contributed by atoms with Crippen molar-refractivity contribution in [1.82, 2.24) is 15.2 Å². The first-order chi connectivity index (χ1) is 18.5. The van der Waals surface area contributed by atoms with E-state index in [0.717, 1.165) is 92.8 Å². The number of benzene rings is 2. The van der Waals surface area contributed by atoms with Gasteiger partial charge in [0.25, 0.3) is 11.5 Å². The summed E-state index contributed by atoms with van der Waals surface area (Å²) in [5.41, 5.74) is 6.86. The van der Waals surface area contributed by atoms with E-state index in [0.29, 0.717) is 16.6 Å². The Morgan fingerprint density at radius 3 is 2.61 bits per heavy atom. The van der Waals surface area contributed by atoms with E-state index < -0.39 is 0 Å². The first-order valence-corrected chi connectivity index (χ1v) is 13.6. The molecule has 0 spiro atoms. The molecule has 3 aromatic rings. The van der Waals surface area contributed by atoms with Gasteiger partial charge in [0.2, 0.25) is 0 Å². The van der Waals surface area contributed by atoms with Gasteiger partial charge in [-0.3, -0.25) is 14.5 Å². The molecular formula is C29H34ClN5O3. The minimum absolute atomic E-state index is 0.0304. The van der Waals surface area contributed by atoms with Gasteiger partial charge in [-0.2, -0.15) is 0 Å². The van der Waals surface area contributed by atoms with Crippen LogP contribution in [0.15, 0.2) is 35.1 Å². The molecule has 1 amide bonds. The predicted octanol–water partition coefficient (Wildman–Crippen LogP) is 3.88. The summed E-state index contributed by atoms with van der Waals surface area (Å²) in [6, 6.07) is 10.3. The molecule has 0 atom stereocenters. The van der Waals surface area contributed by atoms with Gasteiger partial charge >= 0.3 is 0 Å². The minimum atomic E-state index is -0.0425. The van der Waals surface area contributed by atoms with Crippen molar-refractivity contribution in [3.8, 4) is 0 Å². The Bertz CT molecular complexity index is 1410. The molecule has 0 radical (unpaired) electrons. The summed E-state index contributed by atoms with van der Waals surface area (Å²) in [6.07, 6.45) is 3.96.